The molecule has 175 valence electrons. The zero-order valence-corrected chi connectivity index (χ0v) is 19.7. The summed E-state index contributed by atoms with van der Waals surface area (Å²) in [7, 11) is 0. The Bertz CT molecular complexity index is 1150. The first-order valence-corrected chi connectivity index (χ1v) is 12.9. The second-order valence-electron chi connectivity index (χ2n) is 9.58. The first-order valence-electron chi connectivity index (χ1n) is 12.0. The van der Waals surface area contributed by atoms with Gasteiger partial charge in [-0.15, -0.1) is 0 Å². The van der Waals surface area contributed by atoms with Crippen molar-refractivity contribution in [2.75, 3.05) is 19.6 Å². The molecule has 2 unspecified atom stereocenters. The number of aliphatic imine (C=N–C) groups is 1. The predicted molar refractivity (Wildman–Crippen MR) is 131 cm³/mol. The summed E-state index contributed by atoms with van der Waals surface area (Å²) in [5, 5.41) is 3.96. The number of carbonyl (C=O) groups excluding carboxylic acids is 3. The number of piperidine rings is 2. The van der Waals surface area contributed by atoms with Crippen molar-refractivity contribution >= 4 is 34.5 Å². The normalized spacial score (nSPS) is 27.4. The van der Waals surface area contributed by atoms with Crippen molar-refractivity contribution in [3.63, 3.8) is 0 Å². The zero-order valence-electron chi connectivity index (χ0n) is 18.9. The van der Waals surface area contributed by atoms with E-state index in [4.69, 9.17) is 4.99 Å². The summed E-state index contributed by atoms with van der Waals surface area (Å²) < 4.78 is 0. The molecular weight excluding hydrogens is 448 g/mol. The number of amides is 3. The van der Waals surface area contributed by atoms with Crippen LogP contribution in [0.25, 0.3) is 0 Å². The van der Waals surface area contributed by atoms with E-state index < -0.39 is 6.04 Å². The molecule has 2 atom stereocenters. The van der Waals surface area contributed by atoms with Crippen LogP contribution in [-0.2, 0) is 16.1 Å². The van der Waals surface area contributed by atoms with Crippen molar-refractivity contribution in [3.8, 4) is 0 Å². The Hall–Kier alpha value is -2.71. The van der Waals surface area contributed by atoms with E-state index in [2.05, 4.69) is 47.0 Å². The summed E-state index contributed by atoms with van der Waals surface area (Å²) in [6.45, 7) is 3.43. The number of hydrogen-bond acceptors (Lipinski definition) is 6. The molecule has 0 aromatic heterocycles. The average molecular weight is 476 g/mol. The van der Waals surface area contributed by atoms with Crippen LogP contribution in [0.2, 0.25) is 0 Å². The van der Waals surface area contributed by atoms with E-state index in [1.807, 2.05) is 17.8 Å². The van der Waals surface area contributed by atoms with E-state index in [1.54, 1.807) is 4.90 Å². The van der Waals surface area contributed by atoms with Gasteiger partial charge in [0.15, 0.2) is 0 Å². The lowest BCUT2D eigenvalue weighted by Gasteiger charge is -2.32. The van der Waals surface area contributed by atoms with Crippen LogP contribution in [0.15, 0.2) is 47.1 Å². The third kappa shape index (κ3) is 4.03. The van der Waals surface area contributed by atoms with Gasteiger partial charge in [0.2, 0.25) is 11.8 Å². The fourth-order valence-electron chi connectivity index (χ4n) is 5.57. The van der Waals surface area contributed by atoms with E-state index >= 15 is 0 Å². The van der Waals surface area contributed by atoms with Crippen LogP contribution in [0.1, 0.15) is 53.1 Å². The van der Waals surface area contributed by atoms with Gasteiger partial charge in [0.05, 0.1) is 16.0 Å². The molecule has 1 aromatic rings. The SMILES string of the molecule is O=C1CCC(N2Cc3cc(C4CCN(CC5=NC6=C[CH]C=CC6S5)CC4)ccc3C2=O)C(=O)N1. The van der Waals surface area contributed by atoms with Gasteiger partial charge < -0.3 is 4.90 Å². The number of allylic oxidation sites excluding steroid dienone is 2. The topological polar surface area (TPSA) is 82.1 Å². The van der Waals surface area contributed by atoms with E-state index in [-0.39, 0.29) is 24.1 Å². The van der Waals surface area contributed by atoms with Crippen molar-refractivity contribution < 1.29 is 14.4 Å². The van der Waals surface area contributed by atoms with Crippen LogP contribution in [0.5, 0.6) is 0 Å². The van der Waals surface area contributed by atoms with E-state index in [9.17, 15) is 14.4 Å². The van der Waals surface area contributed by atoms with Gasteiger partial charge in [0.1, 0.15) is 6.04 Å². The Morgan fingerprint density at radius 1 is 1.12 bits per heavy atom. The highest BCUT2D eigenvalue weighted by Gasteiger charge is 2.39. The average Bonchev–Trinajstić information content (AvgIpc) is 3.39. The maximum Gasteiger partial charge on any atom is 0.255 e. The molecule has 7 nitrogen and oxygen atoms in total. The van der Waals surface area contributed by atoms with Crippen LogP contribution in [0, 0.1) is 6.42 Å². The van der Waals surface area contributed by atoms with E-state index in [0.717, 1.165) is 43.7 Å². The number of carbonyl (C=O) groups is 3. The molecular formula is C26H27N4O3S. The predicted octanol–water partition coefficient (Wildman–Crippen LogP) is 2.80. The number of fused-ring (bicyclic) bond motifs is 2. The quantitative estimate of drug-likeness (QED) is 0.678. The van der Waals surface area contributed by atoms with Crippen LogP contribution in [0.4, 0.5) is 0 Å². The van der Waals surface area contributed by atoms with Gasteiger partial charge in [-0.05, 0) is 55.5 Å². The highest BCUT2D eigenvalue weighted by atomic mass is 32.2. The summed E-state index contributed by atoms with van der Waals surface area (Å²) in [6.07, 6.45) is 11.3. The molecule has 5 aliphatic rings. The van der Waals surface area contributed by atoms with Crippen molar-refractivity contribution in [2.45, 2.75) is 49.4 Å². The molecule has 3 amide bonds. The third-order valence-electron chi connectivity index (χ3n) is 7.44. The van der Waals surface area contributed by atoms with Crippen molar-refractivity contribution in [3.05, 3.63) is 65.2 Å². The van der Waals surface area contributed by atoms with Gasteiger partial charge in [-0.2, -0.15) is 0 Å². The second-order valence-corrected chi connectivity index (χ2v) is 10.8. The zero-order chi connectivity index (χ0) is 23.2. The minimum Gasteiger partial charge on any atom is -0.322 e. The van der Waals surface area contributed by atoms with Crippen LogP contribution >= 0.6 is 11.8 Å². The molecule has 2 saturated heterocycles. The van der Waals surface area contributed by atoms with E-state index in [1.165, 1.54) is 10.6 Å². The number of rotatable bonds is 4. The Kier molecular flexibility index (Phi) is 5.65. The Balaban J connectivity index is 1.07. The monoisotopic (exact) mass is 475 g/mol. The van der Waals surface area contributed by atoms with Crippen molar-refractivity contribution in [1.82, 2.24) is 15.1 Å². The molecule has 4 aliphatic heterocycles. The van der Waals surface area contributed by atoms with Gasteiger partial charge in [0.25, 0.3) is 5.91 Å². The fourth-order valence-corrected chi connectivity index (χ4v) is 6.70. The smallest absolute Gasteiger partial charge is 0.255 e. The van der Waals surface area contributed by atoms with Crippen LogP contribution in [-0.4, -0.2) is 63.5 Å². The molecule has 0 saturated carbocycles. The maximum atomic E-state index is 12.9. The molecule has 34 heavy (non-hydrogen) atoms. The first-order chi connectivity index (χ1) is 16.5. The van der Waals surface area contributed by atoms with Crippen LogP contribution in [0.3, 0.4) is 0 Å². The van der Waals surface area contributed by atoms with Crippen molar-refractivity contribution in [1.29, 1.82) is 0 Å². The number of nitrogens with one attached hydrogen (secondary N) is 1. The molecule has 1 aromatic carbocycles. The minimum atomic E-state index is -0.561. The molecule has 0 spiro atoms. The number of imide groups is 1. The highest BCUT2D eigenvalue weighted by molar-refractivity contribution is 8.15. The molecule has 2 fully saturated rings. The van der Waals surface area contributed by atoms with Gasteiger partial charge in [0, 0.05) is 31.5 Å². The lowest BCUT2D eigenvalue weighted by atomic mass is 9.88. The minimum absolute atomic E-state index is 0.108. The van der Waals surface area contributed by atoms with Gasteiger partial charge in [-0.1, -0.05) is 42.1 Å². The molecule has 8 heteroatoms. The first kappa shape index (κ1) is 21.8. The number of nitrogens with zero attached hydrogens (tertiary/aromatic N) is 3. The maximum absolute atomic E-state index is 12.9. The molecule has 1 N–H and O–H groups in total. The lowest BCUT2D eigenvalue weighted by molar-refractivity contribution is -0.136. The second kappa shape index (κ2) is 8.82. The number of benzene rings is 1. The summed E-state index contributed by atoms with van der Waals surface area (Å²) in [4.78, 5) is 45.6. The Morgan fingerprint density at radius 2 is 1.97 bits per heavy atom. The standard InChI is InChI=1S/C26H27N4O3S/c31-23-8-7-21(25(32)28-23)30-14-18-13-17(5-6-19(18)26(30)33)16-9-11-29(12-10-16)15-24-27-20-3-1-2-4-22(20)34-24/h1-6,13,16,21-22H,7-12,14-15H2,(H,28,31,32). The number of hydrogen-bond donors (Lipinski definition) is 1. The molecule has 0 bridgehead atoms. The fraction of sp³-hybridized carbons (Fsp3) is 0.423. The largest absolute Gasteiger partial charge is 0.322 e. The number of thioether (sulfide) groups is 1. The molecule has 1 aliphatic carbocycles. The highest BCUT2D eigenvalue weighted by Crippen LogP contribution is 2.36. The summed E-state index contributed by atoms with van der Waals surface area (Å²) in [5.41, 5.74) is 4.12. The third-order valence-corrected chi connectivity index (χ3v) is 8.58. The molecule has 1 radical (unpaired) electrons. The summed E-state index contributed by atoms with van der Waals surface area (Å²) in [5.74, 6) is -0.255. The Labute approximate surface area is 203 Å². The van der Waals surface area contributed by atoms with Gasteiger partial charge >= 0.3 is 0 Å². The lowest BCUT2D eigenvalue weighted by Crippen LogP contribution is -2.52. The summed E-state index contributed by atoms with van der Waals surface area (Å²) in [6, 6.07) is 5.61. The molecule has 6 rings (SSSR count). The van der Waals surface area contributed by atoms with Gasteiger partial charge in [-0.25, -0.2) is 4.99 Å². The Morgan fingerprint density at radius 3 is 2.76 bits per heavy atom. The van der Waals surface area contributed by atoms with E-state index in [0.29, 0.717) is 29.7 Å². The summed E-state index contributed by atoms with van der Waals surface area (Å²) >= 11 is 1.86. The number of likely N-dealkylation sites (tertiary alicyclic amines) is 1. The van der Waals surface area contributed by atoms with Gasteiger partial charge in [-0.3, -0.25) is 24.6 Å². The molecule has 4 heterocycles. The van der Waals surface area contributed by atoms with Crippen molar-refractivity contribution in [2.24, 2.45) is 4.99 Å². The van der Waals surface area contributed by atoms with Crippen LogP contribution < -0.4 is 5.32 Å².